The van der Waals surface area contributed by atoms with Crippen molar-refractivity contribution in [3.63, 3.8) is 0 Å². The van der Waals surface area contributed by atoms with E-state index >= 15 is 0 Å². The van der Waals surface area contributed by atoms with E-state index in [0.29, 0.717) is 5.56 Å². The summed E-state index contributed by atoms with van der Waals surface area (Å²) < 4.78 is 17.5. The van der Waals surface area contributed by atoms with Gasteiger partial charge in [0, 0.05) is 5.54 Å². The van der Waals surface area contributed by atoms with Crippen molar-refractivity contribution >= 4 is 5.97 Å². The number of halogens is 1. The van der Waals surface area contributed by atoms with E-state index in [-0.39, 0.29) is 5.82 Å². The molecule has 0 aliphatic rings. The van der Waals surface area contributed by atoms with Crippen LogP contribution in [-0.4, -0.2) is 18.6 Å². The van der Waals surface area contributed by atoms with Gasteiger partial charge in [0.25, 0.3) is 0 Å². The van der Waals surface area contributed by atoms with Gasteiger partial charge in [-0.3, -0.25) is 4.79 Å². The fourth-order valence-corrected chi connectivity index (χ4v) is 1.64. The van der Waals surface area contributed by atoms with Gasteiger partial charge in [-0.05, 0) is 31.5 Å². The lowest BCUT2D eigenvalue weighted by molar-refractivity contribution is -0.143. The minimum absolute atomic E-state index is 0.345. The van der Waals surface area contributed by atoms with Gasteiger partial charge in [-0.2, -0.15) is 0 Å². The van der Waals surface area contributed by atoms with E-state index in [1.807, 2.05) is 0 Å². The van der Waals surface area contributed by atoms with Gasteiger partial charge in [-0.25, -0.2) is 4.39 Å². The molecule has 1 rings (SSSR count). The summed E-state index contributed by atoms with van der Waals surface area (Å²) in [5.74, 6) is -1.36. The second-order valence-electron chi connectivity index (χ2n) is 4.33. The Labute approximate surface area is 94.4 Å². The highest BCUT2D eigenvalue weighted by molar-refractivity contribution is 5.79. The van der Waals surface area contributed by atoms with Gasteiger partial charge >= 0.3 is 5.97 Å². The maximum Gasteiger partial charge on any atom is 0.315 e. The predicted molar refractivity (Wildman–Crippen MR) is 59.4 cm³/mol. The minimum atomic E-state index is -0.759. The topological polar surface area (TPSA) is 52.3 Å². The molecule has 0 saturated carbocycles. The van der Waals surface area contributed by atoms with E-state index in [1.165, 1.54) is 19.2 Å². The smallest absolute Gasteiger partial charge is 0.315 e. The molecule has 16 heavy (non-hydrogen) atoms. The molecule has 4 heteroatoms. The number of esters is 1. The maximum absolute atomic E-state index is 12.8. The monoisotopic (exact) mass is 225 g/mol. The quantitative estimate of drug-likeness (QED) is 0.798. The Morgan fingerprint density at radius 1 is 1.38 bits per heavy atom. The molecule has 2 N–H and O–H groups in total. The number of hydrogen-bond acceptors (Lipinski definition) is 3. The molecule has 0 spiro atoms. The standard InChI is InChI=1S/C12H16FNO2/c1-12(2,14)10(11(15)16-3)8-4-6-9(13)7-5-8/h4-7,10H,14H2,1-3H3. The second kappa shape index (κ2) is 4.61. The van der Waals surface area contributed by atoms with Crippen molar-refractivity contribution < 1.29 is 13.9 Å². The van der Waals surface area contributed by atoms with Crippen LogP contribution in [0.2, 0.25) is 0 Å². The van der Waals surface area contributed by atoms with Crippen LogP contribution in [0.4, 0.5) is 4.39 Å². The first-order chi connectivity index (χ1) is 7.36. The zero-order valence-electron chi connectivity index (χ0n) is 9.66. The van der Waals surface area contributed by atoms with Crippen molar-refractivity contribution in [3.8, 4) is 0 Å². The van der Waals surface area contributed by atoms with Crippen LogP contribution < -0.4 is 5.73 Å². The molecular formula is C12H16FNO2. The molecule has 0 aromatic heterocycles. The van der Waals surface area contributed by atoms with Crippen LogP contribution in [0.15, 0.2) is 24.3 Å². The van der Waals surface area contributed by atoms with E-state index in [4.69, 9.17) is 10.5 Å². The van der Waals surface area contributed by atoms with E-state index in [1.54, 1.807) is 26.0 Å². The first-order valence-corrected chi connectivity index (χ1v) is 4.98. The third-order valence-corrected chi connectivity index (χ3v) is 2.38. The third-order valence-electron chi connectivity index (χ3n) is 2.38. The molecule has 0 radical (unpaired) electrons. The Morgan fingerprint density at radius 2 is 1.88 bits per heavy atom. The molecule has 0 saturated heterocycles. The van der Waals surface area contributed by atoms with Crippen molar-refractivity contribution in [1.82, 2.24) is 0 Å². The Bertz CT molecular complexity index is 368. The molecular weight excluding hydrogens is 209 g/mol. The fourth-order valence-electron chi connectivity index (χ4n) is 1.64. The van der Waals surface area contributed by atoms with Gasteiger partial charge in [0.15, 0.2) is 0 Å². The molecule has 0 bridgehead atoms. The lowest BCUT2D eigenvalue weighted by Crippen LogP contribution is -2.43. The van der Waals surface area contributed by atoms with Gasteiger partial charge in [-0.1, -0.05) is 12.1 Å². The Balaban J connectivity index is 3.11. The molecule has 1 unspecified atom stereocenters. The lowest BCUT2D eigenvalue weighted by Gasteiger charge is -2.28. The van der Waals surface area contributed by atoms with Gasteiger partial charge in [0.2, 0.25) is 0 Å². The van der Waals surface area contributed by atoms with Crippen LogP contribution in [0.1, 0.15) is 25.3 Å². The third kappa shape index (κ3) is 2.79. The average Bonchev–Trinajstić information content (AvgIpc) is 2.19. The SMILES string of the molecule is COC(=O)C(c1ccc(F)cc1)C(C)(C)N. The van der Waals surface area contributed by atoms with Crippen LogP contribution in [-0.2, 0) is 9.53 Å². The largest absolute Gasteiger partial charge is 0.468 e. The number of ether oxygens (including phenoxy) is 1. The van der Waals surface area contributed by atoms with Crippen LogP contribution >= 0.6 is 0 Å². The summed E-state index contributed by atoms with van der Waals surface area (Å²) >= 11 is 0. The van der Waals surface area contributed by atoms with Gasteiger partial charge < -0.3 is 10.5 Å². The average molecular weight is 225 g/mol. The van der Waals surface area contributed by atoms with E-state index in [0.717, 1.165) is 0 Å². The lowest BCUT2D eigenvalue weighted by atomic mass is 9.83. The zero-order valence-corrected chi connectivity index (χ0v) is 9.66. The predicted octanol–water partition coefficient (Wildman–Crippen LogP) is 1.82. The highest BCUT2D eigenvalue weighted by atomic mass is 19.1. The van der Waals surface area contributed by atoms with Crippen LogP contribution in [0.25, 0.3) is 0 Å². The highest BCUT2D eigenvalue weighted by Crippen LogP contribution is 2.27. The van der Waals surface area contributed by atoms with Crippen LogP contribution in [0.3, 0.4) is 0 Å². The van der Waals surface area contributed by atoms with E-state index in [9.17, 15) is 9.18 Å². The maximum atomic E-state index is 12.8. The number of carbonyl (C=O) groups is 1. The highest BCUT2D eigenvalue weighted by Gasteiger charge is 2.34. The van der Waals surface area contributed by atoms with Crippen molar-refractivity contribution in [2.75, 3.05) is 7.11 Å². The molecule has 3 nitrogen and oxygen atoms in total. The Kier molecular flexibility index (Phi) is 3.65. The van der Waals surface area contributed by atoms with Crippen molar-refractivity contribution in [2.24, 2.45) is 5.73 Å². The number of benzene rings is 1. The number of methoxy groups -OCH3 is 1. The van der Waals surface area contributed by atoms with Crippen molar-refractivity contribution in [2.45, 2.75) is 25.3 Å². The molecule has 88 valence electrons. The summed E-state index contributed by atoms with van der Waals surface area (Å²) in [7, 11) is 1.31. The van der Waals surface area contributed by atoms with E-state index in [2.05, 4.69) is 0 Å². The fraction of sp³-hybridized carbons (Fsp3) is 0.417. The van der Waals surface area contributed by atoms with Gasteiger partial charge in [-0.15, -0.1) is 0 Å². The van der Waals surface area contributed by atoms with Crippen LogP contribution in [0.5, 0.6) is 0 Å². The summed E-state index contributed by atoms with van der Waals surface area (Å²) in [5.41, 5.74) is 5.83. The number of nitrogens with two attached hydrogens (primary N) is 1. The summed E-state index contributed by atoms with van der Waals surface area (Å²) in [4.78, 5) is 11.6. The van der Waals surface area contributed by atoms with Gasteiger partial charge in [0.05, 0.1) is 13.0 Å². The Hall–Kier alpha value is -1.42. The minimum Gasteiger partial charge on any atom is -0.468 e. The van der Waals surface area contributed by atoms with Crippen molar-refractivity contribution in [1.29, 1.82) is 0 Å². The summed E-state index contributed by atoms with van der Waals surface area (Å²) in [6.45, 7) is 3.47. The summed E-state index contributed by atoms with van der Waals surface area (Å²) in [6.07, 6.45) is 0. The number of carbonyl (C=O) groups excluding carboxylic acids is 1. The molecule has 0 aliphatic carbocycles. The van der Waals surface area contributed by atoms with Crippen LogP contribution in [0, 0.1) is 5.82 Å². The Morgan fingerprint density at radius 3 is 2.25 bits per heavy atom. The first-order valence-electron chi connectivity index (χ1n) is 4.98. The van der Waals surface area contributed by atoms with Crippen molar-refractivity contribution in [3.05, 3.63) is 35.6 Å². The zero-order chi connectivity index (χ0) is 12.3. The molecule has 1 atom stereocenters. The number of rotatable bonds is 3. The number of hydrogen-bond donors (Lipinski definition) is 1. The molecule has 1 aromatic rings. The summed E-state index contributed by atoms with van der Waals surface area (Å²) in [6, 6.07) is 5.70. The first kappa shape index (κ1) is 12.6. The molecule has 0 aliphatic heterocycles. The van der Waals surface area contributed by atoms with Gasteiger partial charge in [0.1, 0.15) is 5.82 Å². The molecule has 0 heterocycles. The molecule has 1 aromatic carbocycles. The second-order valence-corrected chi connectivity index (χ2v) is 4.33. The molecule has 0 amide bonds. The normalized spacial score (nSPS) is 13.3. The summed E-state index contributed by atoms with van der Waals surface area (Å²) in [5, 5.41) is 0. The molecule has 0 fully saturated rings. The van der Waals surface area contributed by atoms with E-state index < -0.39 is 17.4 Å².